The molecule has 2 nitrogen and oxygen atoms in total. The average Bonchev–Trinajstić information content (AvgIpc) is 2.14. The molecule has 0 fully saturated rings. The van der Waals surface area contributed by atoms with Crippen molar-refractivity contribution in [1.29, 1.82) is 0 Å². The second kappa shape index (κ2) is 5.23. The lowest BCUT2D eigenvalue weighted by Crippen LogP contribution is -2.11. The van der Waals surface area contributed by atoms with Crippen LogP contribution in [0.5, 0.6) is 5.75 Å². The summed E-state index contributed by atoms with van der Waals surface area (Å²) in [6.45, 7) is 2.93. The molecule has 0 bridgehead atoms. The lowest BCUT2D eigenvalue weighted by atomic mass is 10.1. The van der Waals surface area contributed by atoms with E-state index < -0.39 is 0 Å². The van der Waals surface area contributed by atoms with Gasteiger partial charge in [0.2, 0.25) is 0 Å². The van der Waals surface area contributed by atoms with E-state index in [4.69, 9.17) is 16.3 Å². The summed E-state index contributed by atoms with van der Waals surface area (Å²) >= 11 is 5.98. The molecule has 0 spiro atoms. The zero-order chi connectivity index (χ0) is 10.6. The monoisotopic (exact) mass is 213 g/mol. The number of nitrogens with one attached hydrogen (secondary N) is 1. The SMILES string of the molecule is CNCCc1cc(Cl)cc(C)c1OC. The molecule has 0 radical (unpaired) electrons. The van der Waals surface area contributed by atoms with E-state index in [1.807, 2.05) is 26.1 Å². The van der Waals surface area contributed by atoms with Gasteiger partial charge in [0, 0.05) is 5.02 Å². The summed E-state index contributed by atoms with van der Waals surface area (Å²) in [6, 6.07) is 3.88. The second-order valence-corrected chi connectivity index (χ2v) is 3.71. The third-order valence-electron chi connectivity index (χ3n) is 2.16. The molecule has 1 aromatic rings. The maximum absolute atomic E-state index is 5.98. The normalized spacial score (nSPS) is 10.3. The van der Waals surface area contributed by atoms with Crippen molar-refractivity contribution in [3.63, 3.8) is 0 Å². The van der Waals surface area contributed by atoms with Crippen molar-refractivity contribution in [2.24, 2.45) is 0 Å². The maximum Gasteiger partial charge on any atom is 0.125 e. The Morgan fingerprint density at radius 3 is 2.71 bits per heavy atom. The average molecular weight is 214 g/mol. The maximum atomic E-state index is 5.98. The molecule has 1 aromatic carbocycles. The molecule has 78 valence electrons. The molecule has 0 aliphatic heterocycles. The van der Waals surface area contributed by atoms with Crippen LogP contribution in [-0.2, 0) is 6.42 Å². The predicted molar refractivity (Wildman–Crippen MR) is 60.4 cm³/mol. The molecule has 0 heterocycles. The first kappa shape index (κ1) is 11.3. The van der Waals surface area contributed by atoms with Crippen molar-refractivity contribution in [3.8, 4) is 5.75 Å². The zero-order valence-corrected chi connectivity index (χ0v) is 9.61. The number of hydrogen-bond donors (Lipinski definition) is 1. The van der Waals surface area contributed by atoms with Crippen LogP contribution in [0, 0.1) is 6.92 Å². The molecule has 14 heavy (non-hydrogen) atoms. The number of hydrogen-bond acceptors (Lipinski definition) is 2. The minimum atomic E-state index is 0.773. The Balaban J connectivity index is 2.99. The van der Waals surface area contributed by atoms with Crippen LogP contribution in [-0.4, -0.2) is 20.7 Å². The van der Waals surface area contributed by atoms with E-state index in [0.717, 1.165) is 34.9 Å². The summed E-state index contributed by atoms with van der Waals surface area (Å²) in [4.78, 5) is 0. The molecule has 0 saturated carbocycles. The number of halogens is 1. The molecule has 1 N–H and O–H groups in total. The fourth-order valence-electron chi connectivity index (χ4n) is 1.54. The molecule has 3 heteroatoms. The second-order valence-electron chi connectivity index (χ2n) is 3.27. The van der Waals surface area contributed by atoms with Gasteiger partial charge in [-0.15, -0.1) is 0 Å². The van der Waals surface area contributed by atoms with Crippen LogP contribution in [0.4, 0.5) is 0 Å². The van der Waals surface area contributed by atoms with Crippen molar-refractivity contribution in [2.45, 2.75) is 13.3 Å². The van der Waals surface area contributed by atoms with Crippen molar-refractivity contribution in [1.82, 2.24) is 5.32 Å². The van der Waals surface area contributed by atoms with Crippen LogP contribution in [0.1, 0.15) is 11.1 Å². The number of rotatable bonds is 4. The number of ether oxygens (including phenoxy) is 1. The van der Waals surface area contributed by atoms with Gasteiger partial charge in [0.15, 0.2) is 0 Å². The first-order chi connectivity index (χ1) is 6.69. The van der Waals surface area contributed by atoms with Gasteiger partial charge in [0.25, 0.3) is 0 Å². The molecule has 0 amide bonds. The molecular formula is C11H16ClNO. The molecule has 0 unspecified atom stereocenters. The van der Waals surface area contributed by atoms with Crippen molar-refractivity contribution >= 4 is 11.6 Å². The summed E-state index contributed by atoms with van der Waals surface area (Å²) in [5.74, 6) is 0.949. The van der Waals surface area contributed by atoms with Crippen LogP contribution in [0.2, 0.25) is 5.02 Å². The van der Waals surface area contributed by atoms with Gasteiger partial charge < -0.3 is 10.1 Å². The smallest absolute Gasteiger partial charge is 0.125 e. The van der Waals surface area contributed by atoms with Crippen molar-refractivity contribution in [2.75, 3.05) is 20.7 Å². The molecule has 0 atom stereocenters. The Hall–Kier alpha value is -0.730. The first-order valence-corrected chi connectivity index (χ1v) is 5.04. The Morgan fingerprint density at radius 2 is 2.14 bits per heavy atom. The number of methoxy groups -OCH3 is 1. The van der Waals surface area contributed by atoms with E-state index in [9.17, 15) is 0 Å². The molecule has 0 aromatic heterocycles. The number of likely N-dealkylation sites (N-methyl/N-ethyl adjacent to an activating group) is 1. The van der Waals surface area contributed by atoms with Gasteiger partial charge in [-0.25, -0.2) is 0 Å². The Morgan fingerprint density at radius 1 is 1.43 bits per heavy atom. The van der Waals surface area contributed by atoms with Crippen LogP contribution >= 0.6 is 11.6 Å². The fraction of sp³-hybridized carbons (Fsp3) is 0.455. The third-order valence-corrected chi connectivity index (χ3v) is 2.38. The highest BCUT2D eigenvalue weighted by atomic mass is 35.5. The summed E-state index contributed by atoms with van der Waals surface area (Å²) < 4.78 is 5.34. The van der Waals surface area contributed by atoms with E-state index in [-0.39, 0.29) is 0 Å². The highest BCUT2D eigenvalue weighted by Gasteiger charge is 2.07. The van der Waals surface area contributed by atoms with Crippen LogP contribution in [0.3, 0.4) is 0 Å². The standard InChI is InChI=1S/C11H16ClNO/c1-8-6-10(12)7-9(4-5-13-2)11(8)14-3/h6-7,13H,4-5H2,1-3H3. The van der Waals surface area contributed by atoms with Gasteiger partial charge in [-0.05, 0) is 50.2 Å². The molecular weight excluding hydrogens is 198 g/mol. The third kappa shape index (κ3) is 2.63. The van der Waals surface area contributed by atoms with E-state index in [2.05, 4.69) is 5.32 Å². The highest BCUT2D eigenvalue weighted by molar-refractivity contribution is 6.30. The van der Waals surface area contributed by atoms with Crippen molar-refractivity contribution in [3.05, 3.63) is 28.3 Å². The molecule has 0 aliphatic rings. The molecule has 1 rings (SSSR count). The molecule has 0 saturated heterocycles. The number of benzene rings is 1. The quantitative estimate of drug-likeness (QED) is 0.830. The largest absolute Gasteiger partial charge is 0.496 e. The lowest BCUT2D eigenvalue weighted by Gasteiger charge is -2.11. The topological polar surface area (TPSA) is 21.3 Å². The van der Waals surface area contributed by atoms with E-state index in [1.165, 1.54) is 0 Å². The lowest BCUT2D eigenvalue weighted by molar-refractivity contribution is 0.406. The van der Waals surface area contributed by atoms with E-state index in [1.54, 1.807) is 7.11 Å². The van der Waals surface area contributed by atoms with E-state index in [0.29, 0.717) is 0 Å². The zero-order valence-electron chi connectivity index (χ0n) is 8.86. The number of aryl methyl sites for hydroxylation is 1. The summed E-state index contributed by atoms with van der Waals surface area (Å²) in [6.07, 6.45) is 0.932. The summed E-state index contributed by atoms with van der Waals surface area (Å²) in [5, 5.41) is 3.88. The van der Waals surface area contributed by atoms with Crippen LogP contribution in [0.15, 0.2) is 12.1 Å². The minimum Gasteiger partial charge on any atom is -0.496 e. The highest BCUT2D eigenvalue weighted by Crippen LogP contribution is 2.27. The van der Waals surface area contributed by atoms with Gasteiger partial charge in [0.1, 0.15) is 5.75 Å². The molecule has 0 aliphatic carbocycles. The predicted octanol–water partition coefficient (Wildman–Crippen LogP) is 2.42. The Labute approximate surface area is 90.2 Å². The first-order valence-electron chi connectivity index (χ1n) is 4.66. The van der Waals surface area contributed by atoms with Gasteiger partial charge in [-0.2, -0.15) is 0 Å². The summed E-state index contributed by atoms with van der Waals surface area (Å²) in [5.41, 5.74) is 2.25. The van der Waals surface area contributed by atoms with Gasteiger partial charge in [-0.1, -0.05) is 11.6 Å². The Bertz CT molecular complexity index is 312. The minimum absolute atomic E-state index is 0.773. The Kier molecular flexibility index (Phi) is 4.23. The van der Waals surface area contributed by atoms with Gasteiger partial charge in [-0.3, -0.25) is 0 Å². The van der Waals surface area contributed by atoms with Crippen LogP contribution in [0.25, 0.3) is 0 Å². The van der Waals surface area contributed by atoms with Crippen LogP contribution < -0.4 is 10.1 Å². The summed E-state index contributed by atoms with van der Waals surface area (Å²) in [7, 11) is 3.63. The fourth-order valence-corrected chi connectivity index (χ4v) is 1.83. The van der Waals surface area contributed by atoms with Gasteiger partial charge in [0.05, 0.1) is 7.11 Å². The van der Waals surface area contributed by atoms with E-state index >= 15 is 0 Å². The van der Waals surface area contributed by atoms with Gasteiger partial charge >= 0.3 is 0 Å². The van der Waals surface area contributed by atoms with Crippen molar-refractivity contribution < 1.29 is 4.74 Å².